The fraction of sp³-hybridized carbons (Fsp3) is 0.300. The summed E-state index contributed by atoms with van der Waals surface area (Å²) in [5.74, 6) is -0.127. The predicted molar refractivity (Wildman–Crippen MR) is 60.2 cm³/mol. The lowest BCUT2D eigenvalue weighted by Gasteiger charge is -2.33. The number of carbonyl (C=O) groups is 1. The molecule has 0 bridgehead atoms. The molecule has 17 heavy (non-hydrogen) atoms. The van der Waals surface area contributed by atoms with E-state index in [0.29, 0.717) is 16.7 Å². The number of amides is 1. The SMILES string of the molecule is C[N+]1(C)CC(=O)Nc2cc([N+](=O)[O-])ccc21.[Cl-]. The van der Waals surface area contributed by atoms with E-state index in [1.165, 1.54) is 12.1 Å². The van der Waals surface area contributed by atoms with Crippen LogP contribution in [0, 0.1) is 10.1 Å². The normalized spacial score (nSPS) is 16.5. The average Bonchev–Trinajstić information content (AvgIpc) is 2.14. The molecule has 0 aromatic heterocycles. The molecule has 1 aromatic carbocycles. The zero-order chi connectivity index (χ0) is 11.9. The van der Waals surface area contributed by atoms with Gasteiger partial charge in [-0.15, -0.1) is 0 Å². The Bertz CT molecular complexity index is 488. The molecule has 7 heteroatoms. The fourth-order valence-corrected chi connectivity index (χ4v) is 1.90. The third-order valence-corrected chi connectivity index (χ3v) is 2.66. The van der Waals surface area contributed by atoms with Gasteiger partial charge in [0.1, 0.15) is 5.69 Å². The van der Waals surface area contributed by atoms with Crippen molar-refractivity contribution < 1.29 is 22.1 Å². The van der Waals surface area contributed by atoms with Gasteiger partial charge in [-0.1, -0.05) is 0 Å². The Morgan fingerprint density at radius 2 is 2.06 bits per heavy atom. The Labute approximate surface area is 104 Å². The minimum Gasteiger partial charge on any atom is -1.00 e. The molecule has 92 valence electrons. The molecule has 1 heterocycles. The minimum absolute atomic E-state index is 0. The number of nitrogens with one attached hydrogen (secondary N) is 1. The Kier molecular flexibility index (Phi) is 3.40. The number of fused-ring (bicyclic) bond motifs is 1. The maximum absolute atomic E-state index is 11.4. The van der Waals surface area contributed by atoms with Crippen LogP contribution in [0.1, 0.15) is 0 Å². The molecule has 1 amide bonds. The molecule has 1 aromatic rings. The van der Waals surface area contributed by atoms with Crippen LogP contribution in [0.4, 0.5) is 17.1 Å². The first-order valence-electron chi connectivity index (χ1n) is 4.82. The van der Waals surface area contributed by atoms with Crippen LogP contribution in [-0.2, 0) is 4.79 Å². The number of non-ortho nitro benzene ring substituents is 1. The van der Waals surface area contributed by atoms with E-state index < -0.39 is 4.92 Å². The molecule has 0 saturated carbocycles. The van der Waals surface area contributed by atoms with Crippen LogP contribution in [0.3, 0.4) is 0 Å². The van der Waals surface area contributed by atoms with E-state index in [9.17, 15) is 14.9 Å². The molecule has 0 fully saturated rings. The molecular weight excluding hydrogens is 246 g/mol. The molecule has 0 radical (unpaired) electrons. The second-order valence-electron chi connectivity index (χ2n) is 4.35. The van der Waals surface area contributed by atoms with E-state index in [2.05, 4.69) is 5.32 Å². The van der Waals surface area contributed by atoms with Crippen LogP contribution in [0.15, 0.2) is 18.2 Å². The average molecular weight is 258 g/mol. The summed E-state index contributed by atoms with van der Waals surface area (Å²) in [5.41, 5.74) is 1.39. The van der Waals surface area contributed by atoms with Crippen molar-refractivity contribution in [3.8, 4) is 0 Å². The quantitative estimate of drug-likeness (QED) is 0.364. The molecule has 1 aliphatic heterocycles. The summed E-state index contributed by atoms with van der Waals surface area (Å²) in [6, 6.07) is 4.54. The smallest absolute Gasteiger partial charge is 0.280 e. The second-order valence-corrected chi connectivity index (χ2v) is 4.35. The summed E-state index contributed by atoms with van der Waals surface area (Å²) in [7, 11) is 3.78. The fourth-order valence-electron chi connectivity index (χ4n) is 1.90. The van der Waals surface area contributed by atoms with Crippen molar-refractivity contribution in [1.82, 2.24) is 4.48 Å². The molecular formula is C10H12ClN3O3. The molecule has 0 atom stereocenters. The Morgan fingerprint density at radius 3 is 2.65 bits per heavy atom. The maximum atomic E-state index is 11.4. The van der Waals surface area contributed by atoms with Crippen LogP contribution in [0.2, 0.25) is 0 Å². The van der Waals surface area contributed by atoms with E-state index in [4.69, 9.17) is 0 Å². The number of quaternary nitrogens is 1. The topological polar surface area (TPSA) is 72.2 Å². The van der Waals surface area contributed by atoms with Gasteiger partial charge in [-0.2, -0.15) is 0 Å². The lowest BCUT2D eigenvalue weighted by Crippen LogP contribution is -3.00. The van der Waals surface area contributed by atoms with Crippen LogP contribution >= 0.6 is 0 Å². The van der Waals surface area contributed by atoms with Crippen molar-refractivity contribution in [1.29, 1.82) is 0 Å². The first-order chi connectivity index (χ1) is 7.40. The largest absolute Gasteiger partial charge is 1.00 e. The van der Waals surface area contributed by atoms with Crippen LogP contribution in [0.25, 0.3) is 0 Å². The van der Waals surface area contributed by atoms with E-state index in [-0.39, 0.29) is 24.0 Å². The summed E-state index contributed by atoms with van der Waals surface area (Å²) in [6.07, 6.45) is 0. The van der Waals surface area contributed by atoms with Gasteiger partial charge in [-0.3, -0.25) is 19.4 Å². The van der Waals surface area contributed by atoms with Crippen molar-refractivity contribution >= 4 is 23.0 Å². The number of nitro groups is 1. The van der Waals surface area contributed by atoms with Crippen LogP contribution in [0.5, 0.6) is 0 Å². The van der Waals surface area contributed by atoms with Gasteiger partial charge in [0.15, 0.2) is 12.2 Å². The van der Waals surface area contributed by atoms with Gasteiger partial charge in [0.25, 0.3) is 11.6 Å². The van der Waals surface area contributed by atoms with Crippen molar-refractivity contribution in [3.63, 3.8) is 0 Å². The van der Waals surface area contributed by atoms with Crippen molar-refractivity contribution in [2.75, 3.05) is 26.0 Å². The van der Waals surface area contributed by atoms with E-state index in [1.807, 2.05) is 14.1 Å². The van der Waals surface area contributed by atoms with Crippen molar-refractivity contribution in [2.45, 2.75) is 0 Å². The molecule has 1 N–H and O–H groups in total. The van der Waals surface area contributed by atoms with Gasteiger partial charge in [-0.25, -0.2) is 0 Å². The second kappa shape index (κ2) is 4.31. The van der Waals surface area contributed by atoms with Crippen molar-refractivity contribution in [2.24, 2.45) is 0 Å². The van der Waals surface area contributed by atoms with Crippen LogP contribution < -0.4 is 22.2 Å². The van der Waals surface area contributed by atoms with E-state index in [0.717, 1.165) is 5.69 Å². The first-order valence-corrected chi connectivity index (χ1v) is 4.82. The number of hydrogen-bond donors (Lipinski definition) is 1. The number of hydrogen-bond acceptors (Lipinski definition) is 3. The minimum atomic E-state index is -0.471. The van der Waals surface area contributed by atoms with Crippen molar-refractivity contribution in [3.05, 3.63) is 28.3 Å². The van der Waals surface area contributed by atoms with Gasteiger partial charge < -0.3 is 17.7 Å². The highest BCUT2D eigenvalue weighted by atomic mass is 35.5. The van der Waals surface area contributed by atoms with Crippen LogP contribution in [-0.4, -0.2) is 31.5 Å². The molecule has 0 aliphatic carbocycles. The standard InChI is InChI=1S/C10H11N3O3.ClH/c1-13(2)6-10(14)11-8-5-7(12(15)16)3-4-9(8)13;/h3-5H,6H2,1-2H3;1H. The number of carbonyl (C=O) groups excluding carboxylic acids is 1. The third kappa shape index (κ3) is 2.37. The van der Waals surface area contributed by atoms with Gasteiger partial charge in [-0.05, 0) is 0 Å². The number of halogens is 1. The van der Waals surface area contributed by atoms with E-state index >= 15 is 0 Å². The molecule has 2 rings (SSSR count). The summed E-state index contributed by atoms with van der Waals surface area (Å²) in [5, 5.41) is 13.3. The highest BCUT2D eigenvalue weighted by Crippen LogP contribution is 2.35. The zero-order valence-corrected chi connectivity index (χ0v) is 10.2. The van der Waals surface area contributed by atoms with E-state index in [1.54, 1.807) is 6.07 Å². The zero-order valence-electron chi connectivity index (χ0n) is 9.44. The summed E-state index contributed by atoms with van der Waals surface area (Å²) >= 11 is 0. The Balaban J connectivity index is 0.00000144. The lowest BCUT2D eigenvalue weighted by molar-refractivity contribution is -0.384. The highest BCUT2D eigenvalue weighted by molar-refractivity contribution is 6.00. The number of benzene rings is 1. The monoisotopic (exact) mass is 257 g/mol. The highest BCUT2D eigenvalue weighted by Gasteiger charge is 2.33. The molecule has 0 saturated heterocycles. The lowest BCUT2D eigenvalue weighted by atomic mass is 10.1. The van der Waals surface area contributed by atoms with Gasteiger partial charge in [0.05, 0.1) is 19.0 Å². The number of rotatable bonds is 1. The maximum Gasteiger partial charge on any atom is 0.280 e. The number of nitrogens with zero attached hydrogens (tertiary/aromatic N) is 2. The Hall–Kier alpha value is -1.66. The Morgan fingerprint density at radius 1 is 1.41 bits per heavy atom. The number of anilines is 1. The van der Waals surface area contributed by atoms with Gasteiger partial charge in [0, 0.05) is 18.2 Å². The summed E-state index contributed by atoms with van der Waals surface area (Å²) < 4.78 is 0.402. The molecule has 0 unspecified atom stereocenters. The molecule has 1 aliphatic rings. The number of nitro benzene ring substituents is 1. The first kappa shape index (κ1) is 13.4. The van der Waals surface area contributed by atoms with Gasteiger partial charge in [0.2, 0.25) is 0 Å². The van der Waals surface area contributed by atoms with Gasteiger partial charge >= 0.3 is 0 Å². The molecule has 6 nitrogen and oxygen atoms in total. The summed E-state index contributed by atoms with van der Waals surface area (Å²) in [4.78, 5) is 21.6. The molecule has 0 spiro atoms. The predicted octanol–water partition coefficient (Wildman–Crippen LogP) is -1.88. The summed E-state index contributed by atoms with van der Waals surface area (Å²) in [6.45, 7) is 0.338. The third-order valence-electron chi connectivity index (χ3n) is 2.66. The number of likely N-dealkylation sites (N-methyl/N-ethyl adjacent to an activating group) is 1.